The van der Waals surface area contributed by atoms with Crippen molar-refractivity contribution in [2.45, 2.75) is 0 Å². The van der Waals surface area contributed by atoms with Gasteiger partial charge < -0.3 is 0 Å². The largest absolute Gasteiger partial charge is 0.227 e. The first-order chi connectivity index (χ1) is 20.7. The lowest BCUT2D eigenvalue weighted by molar-refractivity contribution is 1.17. The van der Waals surface area contributed by atoms with E-state index in [1.807, 2.05) is 91.0 Å². The minimum Gasteiger partial charge on any atom is -0.227 e. The van der Waals surface area contributed by atoms with Gasteiger partial charge in [0.15, 0.2) is 34.6 Å². The lowest BCUT2D eigenvalue weighted by Gasteiger charge is -2.14. The highest BCUT2D eigenvalue weighted by molar-refractivity contribution is 6.25. The molecule has 0 saturated heterocycles. The van der Waals surface area contributed by atoms with Crippen molar-refractivity contribution in [1.82, 2.24) is 29.9 Å². The van der Waals surface area contributed by atoms with E-state index in [1.54, 1.807) is 0 Å². The average Bonchev–Trinajstić information content (AvgIpc) is 3.07. The van der Waals surface area contributed by atoms with Crippen LogP contribution in [0.15, 0.2) is 91.0 Å². The van der Waals surface area contributed by atoms with E-state index in [-0.39, 0.29) is 17.1 Å². The van der Waals surface area contributed by atoms with Crippen LogP contribution >= 0.6 is 0 Å². The van der Waals surface area contributed by atoms with E-state index in [4.69, 9.17) is 15.0 Å². The van der Waals surface area contributed by atoms with Gasteiger partial charge in [0.25, 0.3) is 0 Å². The van der Waals surface area contributed by atoms with E-state index in [2.05, 4.69) is 33.2 Å². The Hall–Kier alpha value is -6.63. The first-order valence-electron chi connectivity index (χ1n) is 12.8. The van der Waals surface area contributed by atoms with E-state index in [1.165, 1.54) is 0 Å². The second-order valence-electron chi connectivity index (χ2n) is 9.29. The summed E-state index contributed by atoms with van der Waals surface area (Å²) in [6.07, 6.45) is 0. The Labute approximate surface area is 238 Å². The van der Waals surface area contributed by atoms with E-state index < -0.39 is 0 Å². The van der Waals surface area contributed by atoms with Gasteiger partial charge >= 0.3 is 0 Å². The van der Waals surface area contributed by atoms with Crippen LogP contribution in [0.1, 0.15) is 17.1 Å². The molecule has 0 aliphatic heterocycles. The van der Waals surface area contributed by atoms with E-state index >= 15 is 0 Å². The Morgan fingerprint density at radius 2 is 0.619 bits per heavy atom. The lowest BCUT2D eigenvalue weighted by Crippen LogP contribution is -2.05. The van der Waals surface area contributed by atoms with Crippen LogP contribution < -0.4 is 0 Å². The molecule has 0 aliphatic rings. The molecule has 3 heterocycles. The predicted molar refractivity (Wildman–Crippen MR) is 156 cm³/mol. The molecule has 0 radical (unpaired) electrons. The zero-order valence-corrected chi connectivity index (χ0v) is 21.7. The molecule has 0 aliphatic carbocycles. The molecule has 0 fully saturated rings. The minimum absolute atomic E-state index is 0.0448. The monoisotopic (exact) mass is 537 g/mol. The number of nitriles is 3. The first kappa shape index (κ1) is 24.4. The number of benzene rings is 4. The molecular weight excluding hydrogens is 522 g/mol. The van der Waals surface area contributed by atoms with Crippen LogP contribution in [-0.4, -0.2) is 29.9 Å². The Morgan fingerprint density at radius 1 is 0.357 bits per heavy atom. The highest BCUT2D eigenvalue weighted by atomic mass is 15.0. The topological polar surface area (TPSA) is 149 Å². The van der Waals surface area contributed by atoms with Crippen molar-refractivity contribution >= 4 is 32.7 Å². The van der Waals surface area contributed by atoms with Gasteiger partial charge in [-0.15, -0.1) is 0 Å². The number of fused-ring (bicyclic) bond motifs is 6. The fourth-order valence-electron chi connectivity index (χ4n) is 4.99. The minimum atomic E-state index is 0.0448. The zero-order valence-electron chi connectivity index (χ0n) is 21.7. The maximum absolute atomic E-state index is 10.3. The lowest BCUT2D eigenvalue weighted by atomic mass is 9.99. The highest BCUT2D eigenvalue weighted by Gasteiger charge is 2.25. The molecule has 0 atom stereocenters. The maximum Gasteiger partial charge on any atom is 0.161 e. The smallest absolute Gasteiger partial charge is 0.161 e. The van der Waals surface area contributed by atoms with Crippen molar-refractivity contribution in [3.8, 4) is 52.4 Å². The summed E-state index contributed by atoms with van der Waals surface area (Å²) >= 11 is 0. The number of nitrogens with zero attached hydrogens (tertiary/aromatic N) is 9. The van der Waals surface area contributed by atoms with Crippen LogP contribution in [0.25, 0.3) is 66.9 Å². The molecule has 7 aromatic rings. The molecule has 9 heteroatoms. The average molecular weight is 538 g/mol. The summed E-state index contributed by atoms with van der Waals surface area (Å²) in [6.45, 7) is 0. The molecule has 0 bridgehead atoms. The fourth-order valence-corrected chi connectivity index (χ4v) is 4.99. The Kier molecular flexibility index (Phi) is 5.72. The van der Waals surface area contributed by atoms with E-state index in [9.17, 15) is 15.8 Å². The molecule has 7 rings (SSSR count). The van der Waals surface area contributed by atoms with Crippen molar-refractivity contribution in [3.05, 3.63) is 108 Å². The van der Waals surface area contributed by atoms with Gasteiger partial charge in [-0.1, -0.05) is 91.0 Å². The van der Waals surface area contributed by atoms with Crippen LogP contribution in [0.3, 0.4) is 0 Å². The third-order valence-electron chi connectivity index (χ3n) is 6.85. The molecule has 4 aromatic carbocycles. The highest BCUT2D eigenvalue weighted by Crippen LogP contribution is 2.38. The summed E-state index contributed by atoms with van der Waals surface area (Å²) < 4.78 is 0. The van der Waals surface area contributed by atoms with Gasteiger partial charge in [0.1, 0.15) is 18.2 Å². The van der Waals surface area contributed by atoms with Gasteiger partial charge in [-0.2, -0.15) is 15.8 Å². The number of rotatable bonds is 3. The summed E-state index contributed by atoms with van der Waals surface area (Å²) in [5.74, 6) is 0.900. The third-order valence-corrected chi connectivity index (χ3v) is 6.85. The van der Waals surface area contributed by atoms with Crippen molar-refractivity contribution in [2.24, 2.45) is 0 Å². The van der Waals surface area contributed by atoms with Crippen molar-refractivity contribution < 1.29 is 0 Å². The molecule has 9 nitrogen and oxygen atoms in total. The molecule has 0 unspecified atom stereocenters. The van der Waals surface area contributed by atoms with Gasteiger partial charge in [-0.25, -0.2) is 29.9 Å². The Morgan fingerprint density at radius 3 is 0.857 bits per heavy atom. The molecule has 0 N–H and O–H groups in total. The van der Waals surface area contributed by atoms with Gasteiger partial charge in [0.05, 0.1) is 32.7 Å². The second-order valence-corrected chi connectivity index (χ2v) is 9.29. The van der Waals surface area contributed by atoms with Gasteiger partial charge in [0.2, 0.25) is 0 Å². The molecule has 0 spiro atoms. The van der Waals surface area contributed by atoms with Crippen LogP contribution in [0.5, 0.6) is 0 Å². The maximum atomic E-state index is 10.3. The number of aromatic nitrogens is 6. The standard InChI is InChI=1S/C33H15N9/c34-16-22-25-28(40-31(37-22)19-10-4-1-5-11-19)26-23(17-35)38-32(20-12-6-2-7-13-20)42-30(26)27-24(18-36)39-33(41-29(25)27)21-14-8-3-9-15-21/h1-15H. The summed E-state index contributed by atoms with van der Waals surface area (Å²) in [5, 5.41) is 31.9. The van der Waals surface area contributed by atoms with Gasteiger partial charge in [-0.3, -0.25) is 0 Å². The van der Waals surface area contributed by atoms with E-state index in [0.29, 0.717) is 66.9 Å². The summed E-state index contributed by atoms with van der Waals surface area (Å²) in [5.41, 5.74) is 3.08. The summed E-state index contributed by atoms with van der Waals surface area (Å²) in [4.78, 5) is 28.4. The van der Waals surface area contributed by atoms with Crippen LogP contribution in [-0.2, 0) is 0 Å². The molecule has 3 aromatic heterocycles. The van der Waals surface area contributed by atoms with Crippen molar-refractivity contribution in [3.63, 3.8) is 0 Å². The van der Waals surface area contributed by atoms with Gasteiger partial charge in [-0.05, 0) is 0 Å². The normalized spacial score (nSPS) is 10.8. The second kappa shape index (κ2) is 9.84. The van der Waals surface area contributed by atoms with Crippen LogP contribution in [0.4, 0.5) is 0 Å². The predicted octanol–water partition coefficient (Wildman–Crippen LogP) is 6.13. The molecule has 42 heavy (non-hydrogen) atoms. The number of hydrogen-bond donors (Lipinski definition) is 0. The SMILES string of the molecule is N#Cc1nc(-c2ccccc2)nc2c1c1nc(-c3ccccc3)nc(C#N)c1c1nc(-c3ccccc3)nc(C#N)c21. The fraction of sp³-hybridized carbons (Fsp3) is 0. The Balaban J connectivity index is 1.74. The van der Waals surface area contributed by atoms with E-state index in [0.717, 1.165) is 0 Å². The summed E-state index contributed by atoms with van der Waals surface area (Å²) in [6, 6.07) is 34.3. The first-order valence-corrected chi connectivity index (χ1v) is 12.8. The van der Waals surface area contributed by atoms with Crippen molar-refractivity contribution in [2.75, 3.05) is 0 Å². The quantitative estimate of drug-likeness (QED) is 0.242. The molecule has 0 amide bonds. The van der Waals surface area contributed by atoms with Crippen LogP contribution in [0.2, 0.25) is 0 Å². The number of hydrogen-bond acceptors (Lipinski definition) is 9. The molecule has 0 saturated carbocycles. The van der Waals surface area contributed by atoms with Crippen molar-refractivity contribution in [1.29, 1.82) is 15.8 Å². The Bertz CT molecular complexity index is 2020. The third kappa shape index (κ3) is 3.84. The van der Waals surface area contributed by atoms with Crippen LogP contribution in [0, 0.1) is 34.0 Å². The van der Waals surface area contributed by atoms with Gasteiger partial charge in [0, 0.05) is 16.7 Å². The molecular formula is C33H15N9. The summed E-state index contributed by atoms with van der Waals surface area (Å²) in [7, 11) is 0. The molecule has 192 valence electrons. The zero-order chi connectivity index (χ0) is 28.6.